The fourth-order valence-corrected chi connectivity index (χ4v) is 3.84. The van der Waals surface area contributed by atoms with Crippen LogP contribution in [0.3, 0.4) is 0 Å². The average molecular weight is 443 g/mol. The Morgan fingerprint density at radius 3 is 2.28 bits per heavy atom. The van der Waals surface area contributed by atoms with Crippen LogP contribution in [0.4, 0.5) is 13.2 Å². The highest BCUT2D eigenvalue weighted by Crippen LogP contribution is 2.44. The number of carbonyl (C=O) groups excluding carboxylic acids is 1. The summed E-state index contributed by atoms with van der Waals surface area (Å²) in [6.45, 7) is 7.08. The van der Waals surface area contributed by atoms with E-state index >= 15 is 8.78 Å². The summed E-state index contributed by atoms with van der Waals surface area (Å²) in [6, 6.07) is 3.57. The van der Waals surface area contributed by atoms with Gasteiger partial charge in [-0.1, -0.05) is 15.9 Å². The van der Waals surface area contributed by atoms with E-state index in [9.17, 15) is 13.4 Å². The van der Waals surface area contributed by atoms with E-state index in [1.54, 1.807) is 20.8 Å². The summed E-state index contributed by atoms with van der Waals surface area (Å²) >= 11 is 3.13. The second kappa shape index (κ2) is 7.78. The third-order valence-electron chi connectivity index (χ3n) is 3.85. The zero-order valence-electron chi connectivity index (χ0n) is 14.8. The Kier molecular flexibility index (Phi) is 6.89. The van der Waals surface area contributed by atoms with Crippen LogP contribution >= 0.6 is 15.9 Å². The molecule has 0 N–H and O–H groups in total. The second-order valence-electron chi connectivity index (χ2n) is 6.85. The number of benzene rings is 1. The molecule has 3 nitrogen and oxygen atoms in total. The van der Waals surface area contributed by atoms with Gasteiger partial charge in [0.1, 0.15) is 5.82 Å². The van der Waals surface area contributed by atoms with Gasteiger partial charge in [0.15, 0.2) is 0 Å². The van der Waals surface area contributed by atoms with Gasteiger partial charge in [0.05, 0.1) is 12.0 Å². The molecule has 0 bridgehead atoms. The number of ether oxygens (including phenoxy) is 1. The van der Waals surface area contributed by atoms with Crippen molar-refractivity contribution in [2.24, 2.45) is 0 Å². The van der Waals surface area contributed by atoms with Crippen molar-refractivity contribution >= 4 is 32.7 Å². The molecule has 0 aliphatic carbocycles. The largest absolute Gasteiger partial charge is 0.462 e. The highest BCUT2D eigenvalue weighted by molar-refractivity contribution is 9.10. The fourth-order valence-electron chi connectivity index (χ4n) is 2.18. The van der Waals surface area contributed by atoms with Crippen LogP contribution in [0, 0.1) is 5.82 Å². The molecular formula is C17H22BrF3O3S. The third kappa shape index (κ3) is 4.64. The average Bonchev–Trinajstić information content (AvgIpc) is 2.48. The smallest absolute Gasteiger partial charge is 0.377 e. The molecule has 0 amide bonds. The molecule has 0 aliphatic heterocycles. The maximum atomic E-state index is 15.0. The van der Waals surface area contributed by atoms with E-state index in [4.69, 9.17) is 0 Å². The van der Waals surface area contributed by atoms with Gasteiger partial charge in [-0.15, -0.1) is 0 Å². The van der Waals surface area contributed by atoms with Crippen molar-refractivity contribution in [3.63, 3.8) is 0 Å². The topological polar surface area (TPSA) is 43.4 Å². The summed E-state index contributed by atoms with van der Waals surface area (Å²) in [4.78, 5) is 11.9. The van der Waals surface area contributed by atoms with Gasteiger partial charge in [-0.2, -0.15) is 8.78 Å². The molecule has 0 saturated carbocycles. The van der Waals surface area contributed by atoms with Crippen molar-refractivity contribution in [3.05, 3.63) is 34.1 Å². The standard InChI is InChI=1S/C17H22BrF3O3S/c1-6-24-14(22)17(20,21)16(5,10-25(23)15(2,3)4)12-9-11(18)7-8-13(12)19/h7-9H,6,10H2,1-5H3/t16-,25+/m1/s1. The van der Waals surface area contributed by atoms with Gasteiger partial charge in [-0.05, 0) is 52.8 Å². The number of alkyl halides is 2. The van der Waals surface area contributed by atoms with Crippen molar-refractivity contribution in [1.82, 2.24) is 0 Å². The molecule has 142 valence electrons. The first kappa shape index (κ1) is 22.2. The third-order valence-corrected chi connectivity index (χ3v) is 6.55. The lowest BCUT2D eigenvalue weighted by atomic mass is 9.78. The predicted molar refractivity (Wildman–Crippen MR) is 95.8 cm³/mol. The normalized spacial score (nSPS) is 16.2. The summed E-state index contributed by atoms with van der Waals surface area (Å²) in [5.41, 5.74) is -2.73. The molecule has 0 spiro atoms. The molecule has 1 rings (SSSR count). The number of rotatable bonds is 6. The molecule has 0 aliphatic rings. The van der Waals surface area contributed by atoms with Crippen LogP contribution in [-0.4, -0.2) is 33.2 Å². The molecule has 0 heterocycles. The molecule has 25 heavy (non-hydrogen) atoms. The van der Waals surface area contributed by atoms with Crippen molar-refractivity contribution in [3.8, 4) is 0 Å². The first-order valence-electron chi connectivity index (χ1n) is 7.66. The van der Waals surface area contributed by atoms with E-state index < -0.39 is 50.0 Å². The Bertz CT molecular complexity index is 674. The van der Waals surface area contributed by atoms with Crippen molar-refractivity contribution < 1.29 is 26.9 Å². The summed E-state index contributed by atoms with van der Waals surface area (Å²) in [5.74, 6) is -7.33. The number of halogens is 4. The van der Waals surface area contributed by atoms with Crippen LogP contribution < -0.4 is 0 Å². The number of esters is 1. The Hall–Kier alpha value is -0.890. The minimum atomic E-state index is -4.06. The molecule has 0 fully saturated rings. The van der Waals surface area contributed by atoms with Crippen LogP contribution in [-0.2, 0) is 25.7 Å². The minimum Gasteiger partial charge on any atom is -0.462 e. The first-order valence-corrected chi connectivity index (χ1v) is 9.77. The minimum absolute atomic E-state index is 0.242. The lowest BCUT2D eigenvalue weighted by Crippen LogP contribution is -2.54. The molecular weight excluding hydrogens is 421 g/mol. The Balaban J connectivity index is 3.58. The van der Waals surface area contributed by atoms with E-state index in [0.29, 0.717) is 4.47 Å². The quantitative estimate of drug-likeness (QED) is 0.604. The van der Waals surface area contributed by atoms with Crippen LogP contribution in [0.1, 0.15) is 40.2 Å². The monoisotopic (exact) mass is 442 g/mol. The first-order chi connectivity index (χ1) is 11.3. The number of hydrogen-bond donors (Lipinski definition) is 0. The molecule has 1 aromatic carbocycles. The highest BCUT2D eigenvalue weighted by Gasteiger charge is 2.60. The predicted octanol–water partition coefficient (Wildman–Crippen LogP) is 4.59. The molecule has 0 unspecified atom stereocenters. The summed E-state index contributed by atoms with van der Waals surface area (Å²) in [7, 11) is -1.76. The van der Waals surface area contributed by atoms with Crippen molar-refractivity contribution in [2.75, 3.05) is 12.4 Å². The highest BCUT2D eigenvalue weighted by atomic mass is 79.9. The van der Waals surface area contributed by atoms with Crippen LogP contribution in [0.25, 0.3) is 0 Å². The summed E-state index contributed by atoms with van der Waals surface area (Å²) in [6.07, 6.45) is 0. The van der Waals surface area contributed by atoms with E-state index in [0.717, 1.165) is 13.0 Å². The van der Waals surface area contributed by atoms with Gasteiger partial charge in [0, 0.05) is 31.3 Å². The Morgan fingerprint density at radius 2 is 1.80 bits per heavy atom. The van der Waals surface area contributed by atoms with Crippen molar-refractivity contribution in [2.45, 2.75) is 50.7 Å². The van der Waals surface area contributed by atoms with Gasteiger partial charge in [-0.25, -0.2) is 9.18 Å². The van der Waals surface area contributed by atoms with Gasteiger partial charge < -0.3 is 4.74 Å². The molecule has 1 aromatic rings. The van der Waals surface area contributed by atoms with Gasteiger partial charge in [-0.3, -0.25) is 4.21 Å². The molecule has 2 atom stereocenters. The van der Waals surface area contributed by atoms with Gasteiger partial charge >= 0.3 is 11.9 Å². The van der Waals surface area contributed by atoms with Crippen LogP contribution in [0.15, 0.2) is 22.7 Å². The zero-order chi connectivity index (χ0) is 19.6. The number of carbonyl (C=O) groups is 1. The second-order valence-corrected chi connectivity index (χ2v) is 9.97. The maximum absolute atomic E-state index is 15.0. The fraction of sp³-hybridized carbons (Fsp3) is 0.588. The van der Waals surface area contributed by atoms with Crippen molar-refractivity contribution in [1.29, 1.82) is 0 Å². The van der Waals surface area contributed by atoms with Gasteiger partial charge in [0.2, 0.25) is 0 Å². The Labute approximate surface area is 156 Å². The summed E-state index contributed by atoms with van der Waals surface area (Å²) in [5, 5.41) is 0. The maximum Gasteiger partial charge on any atom is 0.377 e. The lowest BCUT2D eigenvalue weighted by Gasteiger charge is -2.37. The van der Waals surface area contributed by atoms with E-state index in [2.05, 4.69) is 20.7 Å². The molecule has 0 aromatic heterocycles. The van der Waals surface area contributed by atoms with E-state index in [1.165, 1.54) is 19.1 Å². The van der Waals surface area contributed by atoms with E-state index in [1.807, 2.05) is 0 Å². The SMILES string of the molecule is CCOC(=O)C(F)(F)[C@](C)(C[S@](=O)C(C)(C)C)c1cc(Br)ccc1F. The van der Waals surface area contributed by atoms with Crippen LogP contribution in [0.5, 0.6) is 0 Å². The molecule has 0 saturated heterocycles. The summed E-state index contributed by atoms with van der Waals surface area (Å²) < 4.78 is 61.0. The van der Waals surface area contributed by atoms with Gasteiger partial charge in [0.25, 0.3) is 0 Å². The number of hydrogen-bond acceptors (Lipinski definition) is 3. The van der Waals surface area contributed by atoms with E-state index in [-0.39, 0.29) is 6.61 Å². The molecule has 0 radical (unpaired) electrons. The lowest BCUT2D eigenvalue weighted by molar-refractivity contribution is -0.181. The van der Waals surface area contributed by atoms with Crippen LogP contribution in [0.2, 0.25) is 0 Å². The molecule has 8 heteroatoms. The Morgan fingerprint density at radius 1 is 1.24 bits per heavy atom. The zero-order valence-corrected chi connectivity index (χ0v) is 17.2.